The molecule has 0 unspecified atom stereocenters. The van der Waals surface area contributed by atoms with Crippen molar-refractivity contribution in [1.29, 1.82) is 0 Å². The average Bonchev–Trinajstić information content (AvgIpc) is 1.86. The quantitative estimate of drug-likeness (QED) is 0.508. The first-order valence-corrected chi connectivity index (χ1v) is 2.22. The van der Waals surface area contributed by atoms with E-state index in [0.717, 1.165) is 0 Å². The van der Waals surface area contributed by atoms with Gasteiger partial charge in [0.2, 0.25) is 0 Å². The van der Waals surface area contributed by atoms with Crippen molar-refractivity contribution in [3.8, 4) is 0 Å². The van der Waals surface area contributed by atoms with Crippen LogP contribution < -0.4 is 5.73 Å². The van der Waals surface area contributed by atoms with Crippen molar-refractivity contribution in [2.75, 3.05) is 5.73 Å². The van der Waals surface area contributed by atoms with Crippen LogP contribution in [0.3, 0.4) is 0 Å². The van der Waals surface area contributed by atoms with E-state index in [1.54, 1.807) is 0 Å². The van der Waals surface area contributed by atoms with E-state index < -0.39 is 6.85 Å². The highest BCUT2D eigenvalue weighted by Gasteiger charge is 1.81. The van der Waals surface area contributed by atoms with Gasteiger partial charge in [-0.3, -0.25) is 4.98 Å². The van der Waals surface area contributed by atoms with E-state index in [9.17, 15) is 0 Å². The molecule has 0 fully saturated rings. The van der Waals surface area contributed by atoms with Crippen LogP contribution in [0.1, 0.15) is 9.81 Å². The minimum atomic E-state index is -2.13. The second-order valence-corrected chi connectivity index (χ2v) is 1.48. The van der Waals surface area contributed by atoms with Gasteiger partial charge < -0.3 is 5.73 Å². The third-order valence-corrected chi connectivity index (χ3v) is 0.786. The molecule has 2 nitrogen and oxygen atoms in total. The lowest BCUT2D eigenvalue weighted by molar-refractivity contribution is 1.20. The number of hydrogen-bond acceptors (Lipinski definition) is 2. The van der Waals surface area contributed by atoms with E-state index in [-0.39, 0.29) is 5.69 Å². The molecule has 0 aromatic carbocycles. The molecule has 2 heteroatoms. The zero-order valence-corrected chi connectivity index (χ0v) is 4.26. The van der Waals surface area contributed by atoms with Crippen LogP contribution in [-0.4, -0.2) is 4.98 Å². The summed E-state index contributed by atoms with van der Waals surface area (Å²) in [6, 6.07) is 2.93. The second-order valence-electron chi connectivity index (χ2n) is 1.48. The molecule has 0 aliphatic heterocycles. The van der Waals surface area contributed by atoms with E-state index in [2.05, 4.69) is 4.98 Å². The molecular formula is C6H8N2. The fourth-order valence-corrected chi connectivity index (χ4v) is 0.405. The van der Waals surface area contributed by atoms with Gasteiger partial charge in [-0.1, -0.05) is 0 Å². The van der Waals surface area contributed by atoms with E-state index in [4.69, 9.17) is 9.85 Å². The highest BCUT2D eigenvalue weighted by molar-refractivity contribution is 5.34. The minimum Gasteiger partial charge on any atom is -0.397 e. The number of aryl methyl sites for hydroxylation is 1. The number of nitrogens with zero attached hydrogens (tertiary/aromatic N) is 1. The predicted octanol–water partition coefficient (Wildman–Crippen LogP) is 0.972. The second kappa shape index (κ2) is 1.82. The minimum absolute atomic E-state index is 0.0756. The molecule has 0 bridgehead atoms. The monoisotopic (exact) mass is 112 g/mol. The van der Waals surface area contributed by atoms with Crippen LogP contribution in [0, 0.1) is 6.85 Å². The zero-order valence-electron chi connectivity index (χ0n) is 7.26. The summed E-state index contributed by atoms with van der Waals surface area (Å²) in [5, 5.41) is 0. The van der Waals surface area contributed by atoms with Crippen LogP contribution in [0.4, 0.5) is 5.69 Å². The number of nitrogen functional groups attached to an aromatic ring is 1. The number of pyridine rings is 1. The van der Waals surface area contributed by atoms with Crippen molar-refractivity contribution in [3.63, 3.8) is 0 Å². The van der Waals surface area contributed by atoms with Crippen LogP contribution in [0.2, 0.25) is 0 Å². The highest BCUT2D eigenvalue weighted by Crippen LogP contribution is 1.97. The fraction of sp³-hybridized carbons (Fsp3) is 0.167. The largest absolute Gasteiger partial charge is 0.397 e. The van der Waals surface area contributed by atoms with Gasteiger partial charge >= 0.3 is 0 Å². The van der Waals surface area contributed by atoms with Crippen LogP contribution in [-0.2, 0) is 0 Å². The Balaban J connectivity index is 2.99. The molecule has 0 spiro atoms. The molecule has 0 radical (unpaired) electrons. The smallest absolute Gasteiger partial charge is 0.0500 e. The van der Waals surface area contributed by atoms with Crippen molar-refractivity contribution < 1.29 is 4.11 Å². The number of hydrogen-bond donors (Lipinski definition) is 1. The summed E-state index contributed by atoms with van der Waals surface area (Å²) in [4.78, 5) is 3.66. The Kier molecular flexibility index (Phi) is 0.565. The maximum absolute atomic E-state index is 6.97. The number of rotatable bonds is 0. The van der Waals surface area contributed by atoms with Gasteiger partial charge in [0.25, 0.3) is 0 Å². The van der Waals surface area contributed by atoms with E-state index in [0.29, 0.717) is 5.69 Å². The zero-order chi connectivity index (χ0) is 8.48. The predicted molar refractivity (Wildman–Crippen MR) is 33.4 cm³/mol. The van der Waals surface area contributed by atoms with Crippen molar-refractivity contribution in [2.45, 2.75) is 6.85 Å². The summed E-state index contributed by atoms with van der Waals surface area (Å²) in [7, 11) is 0. The first-order chi connectivity index (χ1) is 5.00. The average molecular weight is 112 g/mol. The lowest BCUT2D eigenvalue weighted by Gasteiger charge is -1.89. The van der Waals surface area contributed by atoms with Crippen LogP contribution in [0.25, 0.3) is 0 Å². The van der Waals surface area contributed by atoms with Crippen molar-refractivity contribution >= 4 is 5.69 Å². The van der Waals surface area contributed by atoms with Gasteiger partial charge in [-0.15, -0.1) is 0 Å². The molecule has 1 aromatic rings. The summed E-state index contributed by atoms with van der Waals surface area (Å²) in [5.41, 5.74) is 5.87. The van der Waals surface area contributed by atoms with Gasteiger partial charge in [-0.25, -0.2) is 0 Å². The molecule has 0 atom stereocenters. The lowest BCUT2D eigenvalue weighted by Crippen LogP contribution is -1.85. The molecule has 42 valence electrons. The molecular weight excluding hydrogens is 101 g/mol. The Morgan fingerprint density at radius 1 is 1.75 bits per heavy atom. The maximum atomic E-state index is 6.97. The Hall–Kier alpha value is -1.05. The lowest BCUT2D eigenvalue weighted by atomic mass is 10.4. The van der Waals surface area contributed by atoms with Crippen molar-refractivity contribution in [2.24, 2.45) is 0 Å². The molecule has 1 aromatic heterocycles. The fourth-order valence-electron chi connectivity index (χ4n) is 0.405. The highest BCUT2D eigenvalue weighted by atomic mass is 14.7. The molecule has 1 rings (SSSR count). The van der Waals surface area contributed by atoms with Crippen LogP contribution in [0.15, 0.2) is 18.3 Å². The van der Waals surface area contributed by atoms with Crippen molar-refractivity contribution in [3.05, 3.63) is 24.0 Å². The number of aromatic nitrogens is 1. The van der Waals surface area contributed by atoms with Crippen LogP contribution in [0.5, 0.6) is 0 Å². The van der Waals surface area contributed by atoms with Gasteiger partial charge in [0.05, 0.1) is 11.9 Å². The summed E-state index contributed by atoms with van der Waals surface area (Å²) >= 11 is 0. The number of nitrogens with two attached hydrogens (primary N) is 1. The van der Waals surface area contributed by atoms with Gasteiger partial charge in [-0.2, -0.15) is 0 Å². The Bertz CT molecular complexity index is 239. The number of anilines is 1. The molecule has 0 amide bonds. The Morgan fingerprint density at radius 3 is 3.12 bits per heavy atom. The molecule has 1 heterocycles. The third-order valence-electron chi connectivity index (χ3n) is 0.786. The Morgan fingerprint density at radius 2 is 2.62 bits per heavy atom. The van der Waals surface area contributed by atoms with Gasteiger partial charge in [0.1, 0.15) is 0 Å². The van der Waals surface area contributed by atoms with E-state index in [1.165, 1.54) is 18.3 Å². The first-order valence-electron chi connectivity index (χ1n) is 3.72. The molecule has 8 heavy (non-hydrogen) atoms. The van der Waals surface area contributed by atoms with Crippen LogP contribution >= 0.6 is 0 Å². The first kappa shape index (κ1) is 2.49. The summed E-state index contributed by atoms with van der Waals surface area (Å²) in [5.74, 6) is 0. The SMILES string of the molecule is [2H][13C]([2H])([2H])c1ccc(N)cn1. The topological polar surface area (TPSA) is 38.9 Å². The maximum Gasteiger partial charge on any atom is 0.0500 e. The van der Waals surface area contributed by atoms with Crippen molar-refractivity contribution in [1.82, 2.24) is 4.98 Å². The molecule has 2 N–H and O–H groups in total. The van der Waals surface area contributed by atoms with E-state index in [1.807, 2.05) is 0 Å². The molecule has 0 saturated heterocycles. The molecule has 0 aliphatic carbocycles. The van der Waals surface area contributed by atoms with Gasteiger partial charge in [0.15, 0.2) is 0 Å². The van der Waals surface area contributed by atoms with Gasteiger partial charge in [0, 0.05) is 9.81 Å². The third kappa shape index (κ3) is 0.964. The summed E-state index contributed by atoms with van der Waals surface area (Å²) in [6.07, 6.45) is 1.34. The standard InChI is InChI=1S/C6H8N2/c1-5-2-3-6(7)4-8-5/h2-4H,7H2,1H3/i1+1D3. The Labute approximate surface area is 52.6 Å². The molecule has 0 aliphatic rings. The summed E-state index contributed by atoms with van der Waals surface area (Å²) < 4.78 is 20.9. The van der Waals surface area contributed by atoms with Gasteiger partial charge in [-0.05, 0) is 19.0 Å². The summed E-state index contributed by atoms with van der Waals surface area (Å²) in [6.45, 7) is -2.13. The van der Waals surface area contributed by atoms with E-state index >= 15 is 0 Å². The molecule has 0 saturated carbocycles. The normalized spacial score (nSPS) is 16.2.